The Bertz CT molecular complexity index is 481. The summed E-state index contributed by atoms with van der Waals surface area (Å²) in [5.41, 5.74) is 8.26. The molecule has 2 aromatic rings. The summed E-state index contributed by atoms with van der Waals surface area (Å²) in [6.45, 7) is 12.8. The van der Waals surface area contributed by atoms with Gasteiger partial charge in [-0.3, -0.25) is 0 Å². The number of hydrogen-bond donors (Lipinski definition) is 0. The fraction of sp³-hybridized carbons (Fsp3) is 0.333. The molecule has 0 aliphatic carbocycles. The molecule has 0 bridgehead atoms. The average Bonchev–Trinajstić information content (AvgIpc) is 2.26. The molecule has 0 amide bonds. The first-order valence-corrected chi connectivity index (χ1v) is 6.48. The van der Waals surface area contributed by atoms with Crippen molar-refractivity contribution in [3.8, 4) is 0 Å². The van der Waals surface area contributed by atoms with Crippen LogP contribution >= 0.6 is 0 Å². The van der Waals surface area contributed by atoms with E-state index in [1.165, 1.54) is 33.4 Å². The molecule has 96 valence electrons. The SMILES string of the molecule is Cc1cc(C)c(C)c(C)c1.Cc1cccc(C)c1. The molecular formula is C18H24. The Morgan fingerprint density at radius 1 is 0.556 bits per heavy atom. The molecule has 0 unspecified atom stereocenters. The lowest BCUT2D eigenvalue weighted by Gasteiger charge is -2.04. The Hall–Kier alpha value is -1.56. The standard InChI is InChI=1S/C10H14.C8H10/c1-7-5-8(2)10(4)9(3)6-7;1-7-4-3-5-8(2)6-7/h5-6H,1-4H3;3-6H,1-2H3. The molecule has 18 heavy (non-hydrogen) atoms. The van der Waals surface area contributed by atoms with Crippen molar-refractivity contribution in [3.63, 3.8) is 0 Å². The van der Waals surface area contributed by atoms with Gasteiger partial charge >= 0.3 is 0 Å². The van der Waals surface area contributed by atoms with Crippen LogP contribution in [0, 0.1) is 41.5 Å². The van der Waals surface area contributed by atoms with Gasteiger partial charge < -0.3 is 0 Å². The van der Waals surface area contributed by atoms with Crippen molar-refractivity contribution in [1.82, 2.24) is 0 Å². The van der Waals surface area contributed by atoms with Gasteiger partial charge in [0.2, 0.25) is 0 Å². The highest BCUT2D eigenvalue weighted by Crippen LogP contribution is 2.13. The molecule has 2 aromatic carbocycles. The fourth-order valence-corrected chi connectivity index (χ4v) is 2.06. The van der Waals surface area contributed by atoms with Gasteiger partial charge in [-0.15, -0.1) is 0 Å². The molecule has 0 heteroatoms. The molecule has 0 nitrogen and oxygen atoms in total. The molecule has 0 heterocycles. The monoisotopic (exact) mass is 240 g/mol. The number of benzene rings is 2. The Morgan fingerprint density at radius 2 is 1.00 bits per heavy atom. The van der Waals surface area contributed by atoms with Crippen LogP contribution in [0.25, 0.3) is 0 Å². The molecule has 0 atom stereocenters. The van der Waals surface area contributed by atoms with E-state index >= 15 is 0 Å². The molecule has 0 aromatic heterocycles. The summed E-state index contributed by atoms with van der Waals surface area (Å²) in [6.07, 6.45) is 0. The van der Waals surface area contributed by atoms with Crippen molar-refractivity contribution < 1.29 is 0 Å². The summed E-state index contributed by atoms with van der Waals surface area (Å²) in [7, 11) is 0. The largest absolute Gasteiger partial charge is 0.0617 e. The minimum atomic E-state index is 1.34. The lowest BCUT2D eigenvalue weighted by atomic mass is 10.0. The molecule has 0 N–H and O–H groups in total. The van der Waals surface area contributed by atoms with E-state index in [4.69, 9.17) is 0 Å². The number of aryl methyl sites for hydroxylation is 5. The van der Waals surface area contributed by atoms with Crippen LogP contribution in [0.3, 0.4) is 0 Å². The van der Waals surface area contributed by atoms with Crippen LogP contribution in [-0.2, 0) is 0 Å². The van der Waals surface area contributed by atoms with Gasteiger partial charge in [0.1, 0.15) is 0 Å². The van der Waals surface area contributed by atoms with Crippen LogP contribution in [0.1, 0.15) is 33.4 Å². The van der Waals surface area contributed by atoms with Gasteiger partial charge in [0, 0.05) is 0 Å². The zero-order valence-electron chi connectivity index (χ0n) is 12.5. The van der Waals surface area contributed by atoms with E-state index in [0.717, 1.165) is 0 Å². The first kappa shape index (κ1) is 14.5. The van der Waals surface area contributed by atoms with Crippen LogP contribution in [0.15, 0.2) is 36.4 Å². The number of rotatable bonds is 0. The van der Waals surface area contributed by atoms with Crippen LogP contribution in [0.2, 0.25) is 0 Å². The third-order valence-electron chi connectivity index (χ3n) is 3.24. The first-order valence-electron chi connectivity index (χ1n) is 6.48. The van der Waals surface area contributed by atoms with E-state index in [1.807, 2.05) is 0 Å². The van der Waals surface area contributed by atoms with Crippen molar-refractivity contribution >= 4 is 0 Å². The van der Waals surface area contributed by atoms with Crippen molar-refractivity contribution in [2.75, 3.05) is 0 Å². The van der Waals surface area contributed by atoms with Crippen LogP contribution in [0.4, 0.5) is 0 Å². The van der Waals surface area contributed by atoms with Crippen molar-refractivity contribution in [2.24, 2.45) is 0 Å². The van der Waals surface area contributed by atoms with Gasteiger partial charge in [-0.1, -0.05) is 53.1 Å². The molecule has 0 spiro atoms. The minimum Gasteiger partial charge on any atom is -0.0617 e. The Balaban J connectivity index is 0.000000184. The van der Waals surface area contributed by atoms with E-state index in [-0.39, 0.29) is 0 Å². The molecule has 0 saturated heterocycles. The summed E-state index contributed by atoms with van der Waals surface area (Å²) in [4.78, 5) is 0. The Morgan fingerprint density at radius 3 is 1.33 bits per heavy atom. The maximum atomic E-state index is 2.22. The molecule has 0 radical (unpaired) electrons. The fourth-order valence-electron chi connectivity index (χ4n) is 2.06. The molecule has 0 saturated carbocycles. The summed E-state index contributed by atoms with van der Waals surface area (Å²) >= 11 is 0. The van der Waals surface area contributed by atoms with E-state index in [2.05, 4.69) is 77.9 Å². The molecular weight excluding hydrogens is 216 g/mol. The summed E-state index contributed by atoms with van der Waals surface area (Å²) in [6, 6.07) is 12.9. The van der Waals surface area contributed by atoms with E-state index < -0.39 is 0 Å². The Kier molecular flexibility index (Phi) is 5.15. The van der Waals surface area contributed by atoms with Gasteiger partial charge in [-0.2, -0.15) is 0 Å². The van der Waals surface area contributed by atoms with Gasteiger partial charge in [-0.25, -0.2) is 0 Å². The van der Waals surface area contributed by atoms with E-state index in [1.54, 1.807) is 0 Å². The van der Waals surface area contributed by atoms with Crippen molar-refractivity contribution in [1.29, 1.82) is 0 Å². The summed E-state index contributed by atoms with van der Waals surface area (Å²) in [5.74, 6) is 0. The first-order chi connectivity index (χ1) is 8.40. The van der Waals surface area contributed by atoms with Gasteiger partial charge in [-0.05, 0) is 58.2 Å². The highest BCUT2D eigenvalue weighted by Gasteiger charge is 1.95. The third kappa shape index (κ3) is 4.37. The van der Waals surface area contributed by atoms with Crippen molar-refractivity contribution in [2.45, 2.75) is 41.5 Å². The molecule has 0 aliphatic rings. The van der Waals surface area contributed by atoms with Gasteiger partial charge in [0.15, 0.2) is 0 Å². The average molecular weight is 240 g/mol. The molecule has 0 fully saturated rings. The van der Waals surface area contributed by atoms with Crippen molar-refractivity contribution in [3.05, 3.63) is 69.8 Å². The second kappa shape index (κ2) is 6.39. The normalized spacial score (nSPS) is 9.67. The van der Waals surface area contributed by atoms with E-state index in [9.17, 15) is 0 Å². The molecule has 2 rings (SSSR count). The van der Waals surface area contributed by atoms with Gasteiger partial charge in [0.25, 0.3) is 0 Å². The maximum Gasteiger partial charge on any atom is -0.0392 e. The van der Waals surface area contributed by atoms with Crippen LogP contribution in [-0.4, -0.2) is 0 Å². The number of hydrogen-bond acceptors (Lipinski definition) is 0. The topological polar surface area (TPSA) is 0 Å². The van der Waals surface area contributed by atoms with Crippen LogP contribution in [0.5, 0.6) is 0 Å². The molecule has 0 aliphatic heterocycles. The highest BCUT2D eigenvalue weighted by molar-refractivity contribution is 5.36. The second-order valence-electron chi connectivity index (χ2n) is 5.18. The smallest absolute Gasteiger partial charge is 0.0392 e. The lowest BCUT2D eigenvalue weighted by Crippen LogP contribution is -1.86. The lowest BCUT2D eigenvalue weighted by molar-refractivity contribution is 1.23. The van der Waals surface area contributed by atoms with Crippen LogP contribution < -0.4 is 0 Å². The maximum absolute atomic E-state index is 2.22. The quantitative estimate of drug-likeness (QED) is 0.592. The summed E-state index contributed by atoms with van der Waals surface area (Å²) in [5, 5.41) is 0. The highest BCUT2D eigenvalue weighted by atomic mass is 14.0. The Labute approximate surface area is 112 Å². The van der Waals surface area contributed by atoms with E-state index in [0.29, 0.717) is 0 Å². The second-order valence-corrected chi connectivity index (χ2v) is 5.18. The van der Waals surface area contributed by atoms with Gasteiger partial charge in [0.05, 0.1) is 0 Å². The minimum absolute atomic E-state index is 1.34. The summed E-state index contributed by atoms with van der Waals surface area (Å²) < 4.78 is 0. The zero-order valence-corrected chi connectivity index (χ0v) is 12.5. The predicted octanol–water partition coefficient (Wildman–Crippen LogP) is 5.22. The third-order valence-corrected chi connectivity index (χ3v) is 3.24. The predicted molar refractivity (Wildman–Crippen MR) is 81.3 cm³/mol. The zero-order chi connectivity index (χ0) is 13.7.